The van der Waals surface area contributed by atoms with E-state index in [4.69, 9.17) is 39.1 Å². The summed E-state index contributed by atoms with van der Waals surface area (Å²) in [7, 11) is 1.30. The van der Waals surface area contributed by atoms with Crippen molar-refractivity contribution in [3.8, 4) is 0 Å². The van der Waals surface area contributed by atoms with E-state index in [1.807, 2.05) is 0 Å². The molecule has 0 radical (unpaired) electrons. The highest BCUT2D eigenvalue weighted by molar-refractivity contribution is 5.99. The van der Waals surface area contributed by atoms with Crippen LogP contribution in [0.25, 0.3) is 10.9 Å². The summed E-state index contributed by atoms with van der Waals surface area (Å²) in [5, 5.41) is 4.11. The van der Waals surface area contributed by atoms with E-state index < -0.39 is 23.2 Å². The second kappa shape index (κ2) is 17.1. The van der Waals surface area contributed by atoms with E-state index in [1.165, 1.54) is 12.7 Å². The fourth-order valence-electron chi connectivity index (χ4n) is 6.40. The Morgan fingerprint density at radius 1 is 0.784 bits per heavy atom. The van der Waals surface area contributed by atoms with Crippen LogP contribution in [0.3, 0.4) is 0 Å². The van der Waals surface area contributed by atoms with E-state index in [2.05, 4.69) is 99.7 Å². The molecule has 2 aromatic rings. The van der Waals surface area contributed by atoms with Crippen molar-refractivity contribution < 1.29 is 14.3 Å². The molecular weight excluding hydrogens is 646 g/mol. The third-order valence-corrected chi connectivity index (χ3v) is 9.19. The molecule has 0 aliphatic carbocycles. The highest BCUT2D eigenvalue weighted by Gasteiger charge is 2.37. The Hall–Kier alpha value is -4.49. The SMILES string of the molecule is COC(=O)C(Cc1c(C(C)(C)C)[nH]c2cc(C(C)(C)C)cc(C(C)(C)C)c12)C(=O)NCC(CCCN=C(N)N)(CCCN=C(N)N)CN=C(N)N. The third kappa shape index (κ3) is 12.4. The second-order valence-corrected chi connectivity index (χ2v) is 16.7. The second-order valence-electron chi connectivity index (χ2n) is 16.7. The number of esters is 1. The van der Waals surface area contributed by atoms with Crippen molar-refractivity contribution in [2.45, 2.75) is 111 Å². The minimum Gasteiger partial charge on any atom is -0.468 e. The summed E-state index contributed by atoms with van der Waals surface area (Å²) in [6.45, 7) is 20.6. The topological polar surface area (TPSA) is 264 Å². The predicted molar refractivity (Wildman–Crippen MR) is 210 cm³/mol. The normalized spacial score (nSPS) is 13.0. The summed E-state index contributed by atoms with van der Waals surface area (Å²) in [5.74, 6) is -2.31. The monoisotopic (exact) mass is 712 g/mol. The Bertz CT molecular complexity index is 1570. The van der Waals surface area contributed by atoms with Gasteiger partial charge in [-0.1, -0.05) is 68.4 Å². The van der Waals surface area contributed by atoms with Gasteiger partial charge in [0.1, 0.15) is 5.92 Å². The lowest BCUT2D eigenvalue weighted by Crippen LogP contribution is -2.45. The quantitative estimate of drug-likeness (QED) is 0.0418. The van der Waals surface area contributed by atoms with Gasteiger partial charge in [0.05, 0.1) is 13.7 Å². The number of H-pyrrole nitrogens is 1. The van der Waals surface area contributed by atoms with E-state index in [1.54, 1.807) is 0 Å². The number of aliphatic imine (C=N–C) groups is 3. The molecule has 51 heavy (non-hydrogen) atoms. The molecule has 2 rings (SSSR count). The summed E-state index contributed by atoms with van der Waals surface area (Å²) in [5.41, 5.74) is 37.7. The van der Waals surface area contributed by atoms with Crippen LogP contribution in [0.4, 0.5) is 0 Å². The molecule has 0 saturated heterocycles. The lowest BCUT2D eigenvalue weighted by atomic mass is 9.77. The van der Waals surface area contributed by atoms with Gasteiger partial charge in [-0.15, -0.1) is 0 Å². The number of methoxy groups -OCH3 is 1. The van der Waals surface area contributed by atoms with Gasteiger partial charge < -0.3 is 49.4 Å². The number of carbonyl (C=O) groups is 2. The number of amides is 1. The lowest BCUT2D eigenvalue weighted by molar-refractivity contribution is -0.150. The lowest BCUT2D eigenvalue weighted by Gasteiger charge is -2.33. The number of aromatic nitrogens is 1. The first-order valence-corrected chi connectivity index (χ1v) is 17.6. The maximum Gasteiger partial charge on any atom is 0.318 e. The number of nitrogens with zero attached hydrogens (tertiary/aromatic N) is 3. The van der Waals surface area contributed by atoms with Gasteiger partial charge in [-0.2, -0.15) is 0 Å². The van der Waals surface area contributed by atoms with Crippen molar-refractivity contribution in [2.75, 3.05) is 33.3 Å². The molecule has 1 amide bonds. The number of hydrogen-bond acceptors (Lipinski definition) is 6. The predicted octanol–water partition coefficient (Wildman–Crippen LogP) is 2.88. The number of hydrogen-bond donors (Lipinski definition) is 8. The van der Waals surface area contributed by atoms with E-state index >= 15 is 0 Å². The summed E-state index contributed by atoms with van der Waals surface area (Å²) in [6, 6.07) is 4.46. The van der Waals surface area contributed by atoms with Crippen LogP contribution < -0.4 is 39.7 Å². The standard InChI is InChI=1S/C37H65N11O3/c1-34(2,3)22-17-25(35(4,5)6)27-23(28(36(7,8)9)48-26(27)18-22)19-24(30(50)51-10)29(49)46-20-37(21-47-33(42)43,13-11-15-44-31(38)39)14-12-16-45-32(40)41/h17-18,24,48H,11-16,19-21H2,1-10H3,(H,46,49)(H4,38,39,44)(H4,40,41,45)(H4,42,43,47). The first-order chi connectivity index (χ1) is 23.4. The van der Waals surface area contributed by atoms with Gasteiger partial charge in [0, 0.05) is 47.1 Å². The summed E-state index contributed by atoms with van der Waals surface area (Å²) >= 11 is 0. The smallest absolute Gasteiger partial charge is 0.318 e. The molecule has 1 atom stereocenters. The third-order valence-electron chi connectivity index (χ3n) is 9.19. The Labute approximate surface area is 304 Å². The summed E-state index contributed by atoms with van der Waals surface area (Å²) in [4.78, 5) is 44.0. The maximum absolute atomic E-state index is 14.2. The molecule has 0 fully saturated rings. The minimum absolute atomic E-state index is 0.0111. The summed E-state index contributed by atoms with van der Waals surface area (Å²) in [6.07, 6.45) is 2.44. The molecular formula is C37H65N11O3. The molecule has 286 valence electrons. The van der Waals surface area contributed by atoms with Crippen LogP contribution >= 0.6 is 0 Å². The van der Waals surface area contributed by atoms with Crippen molar-refractivity contribution >= 4 is 40.7 Å². The zero-order chi connectivity index (χ0) is 38.9. The molecule has 1 aromatic heterocycles. The van der Waals surface area contributed by atoms with E-state index in [9.17, 15) is 9.59 Å². The van der Waals surface area contributed by atoms with Gasteiger partial charge in [-0.05, 0) is 65.7 Å². The number of aromatic amines is 1. The highest BCUT2D eigenvalue weighted by atomic mass is 16.5. The first kappa shape index (κ1) is 42.7. The number of rotatable bonds is 16. The average molecular weight is 712 g/mol. The fraction of sp³-hybridized carbons (Fsp3) is 0.649. The molecule has 14 nitrogen and oxygen atoms in total. The van der Waals surface area contributed by atoms with Crippen molar-refractivity contribution in [1.29, 1.82) is 0 Å². The number of nitrogens with two attached hydrogens (primary N) is 6. The molecule has 0 aliphatic heterocycles. The number of benzene rings is 1. The van der Waals surface area contributed by atoms with E-state index in [0.29, 0.717) is 38.8 Å². The molecule has 14 N–H and O–H groups in total. The van der Waals surface area contributed by atoms with Gasteiger partial charge in [0.2, 0.25) is 5.91 Å². The molecule has 0 spiro atoms. The Kier molecular flexibility index (Phi) is 14.3. The molecule has 0 saturated carbocycles. The molecule has 0 bridgehead atoms. The van der Waals surface area contributed by atoms with Crippen molar-refractivity contribution in [2.24, 2.45) is 60.7 Å². The fourth-order valence-corrected chi connectivity index (χ4v) is 6.40. The van der Waals surface area contributed by atoms with Crippen molar-refractivity contribution in [3.63, 3.8) is 0 Å². The molecule has 1 aromatic carbocycles. The Morgan fingerprint density at radius 3 is 1.75 bits per heavy atom. The average Bonchev–Trinajstić information content (AvgIpc) is 3.38. The maximum atomic E-state index is 14.2. The largest absolute Gasteiger partial charge is 0.468 e. The molecule has 0 aliphatic rings. The Balaban J connectivity index is 2.66. The van der Waals surface area contributed by atoms with Gasteiger partial charge >= 0.3 is 5.97 Å². The minimum atomic E-state index is -1.13. The zero-order valence-electron chi connectivity index (χ0n) is 32.6. The van der Waals surface area contributed by atoms with Crippen LogP contribution in [0.5, 0.6) is 0 Å². The van der Waals surface area contributed by atoms with Gasteiger partial charge in [-0.3, -0.25) is 24.6 Å². The van der Waals surface area contributed by atoms with Crippen molar-refractivity contribution in [1.82, 2.24) is 10.3 Å². The van der Waals surface area contributed by atoms with E-state index in [-0.39, 0.29) is 53.6 Å². The Morgan fingerprint density at radius 2 is 1.31 bits per heavy atom. The van der Waals surface area contributed by atoms with Crippen LogP contribution in [-0.4, -0.2) is 68.0 Å². The molecule has 1 unspecified atom stereocenters. The van der Waals surface area contributed by atoms with Crippen LogP contribution in [0.15, 0.2) is 27.1 Å². The first-order valence-electron chi connectivity index (χ1n) is 17.6. The summed E-state index contributed by atoms with van der Waals surface area (Å²) < 4.78 is 5.25. The zero-order valence-corrected chi connectivity index (χ0v) is 32.6. The molecule has 14 heteroatoms. The number of fused-ring (bicyclic) bond motifs is 1. The van der Waals surface area contributed by atoms with Gasteiger partial charge in [0.25, 0.3) is 0 Å². The number of carbonyl (C=O) groups excluding carboxylic acids is 2. The number of nitrogens with one attached hydrogen (secondary N) is 2. The van der Waals surface area contributed by atoms with Crippen molar-refractivity contribution in [3.05, 3.63) is 34.5 Å². The number of ether oxygens (including phenoxy) is 1. The van der Waals surface area contributed by atoms with Gasteiger partial charge in [0.15, 0.2) is 17.9 Å². The van der Waals surface area contributed by atoms with E-state index in [0.717, 1.165) is 27.7 Å². The highest BCUT2D eigenvalue weighted by Crippen LogP contribution is 2.41. The van der Waals surface area contributed by atoms with Crippen LogP contribution in [0, 0.1) is 11.3 Å². The van der Waals surface area contributed by atoms with Crippen LogP contribution in [0.1, 0.15) is 110 Å². The molecule has 1 heterocycles. The van der Waals surface area contributed by atoms with Gasteiger partial charge in [-0.25, -0.2) is 0 Å². The number of guanidine groups is 3. The van der Waals surface area contributed by atoms with Crippen LogP contribution in [-0.2, 0) is 37.0 Å². The van der Waals surface area contributed by atoms with Crippen LogP contribution in [0.2, 0.25) is 0 Å².